The lowest BCUT2D eigenvalue weighted by Crippen LogP contribution is -2.10. The number of hydrogen-bond donors (Lipinski definition) is 1. The maximum absolute atomic E-state index is 12.0. The molecule has 0 bridgehead atoms. The minimum Gasteiger partial charge on any atom is -0.497 e. The molecule has 1 amide bonds. The molecule has 0 aliphatic heterocycles. The molecule has 23 heavy (non-hydrogen) atoms. The molecular formula is C20H23NO2. The monoisotopic (exact) mass is 309 g/mol. The number of carbonyl (C=O) groups excluding carboxylic acids is 1. The number of nitrogens with one attached hydrogen (secondary N) is 1. The molecule has 0 atom stereocenters. The lowest BCUT2D eigenvalue weighted by Gasteiger charge is -2.18. The lowest BCUT2D eigenvalue weighted by molar-refractivity contribution is -0.111. The highest BCUT2D eigenvalue weighted by atomic mass is 16.5. The molecule has 3 heteroatoms. The third kappa shape index (κ3) is 4.99. The van der Waals surface area contributed by atoms with Crippen molar-refractivity contribution in [2.45, 2.75) is 26.2 Å². The fraction of sp³-hybridized carbons (Fsp3) is 0.250. The largest absolute Gasteiger partial charge is 0.497 e. The van der Waals surface area contributed by atoms with Gasteiger partial charge in [-0.1, -0.05) is 51.1 Å². The summed E-state index contributed by atoms with van der Waals surface area (Å²) >= 11 is 0. The Hall–Kier alpha value is -2.55. The van der Waals surface area contributed by atoms with Gasteiger partial charge in [0, 0.05) is 17.8 Å². The van der Waals surface area contributed by atoms with Crippen molar-refractivity contribution in [3.63, 3.8) is 0 Å². The van der Waals surface area contributed by atoms with E-state index in [2.05, 4.69) is 38.2 Å². The van der Waals surface area contributed by atoms with Crippen molar-refractivity contribution in [2.24, 2.45) is 0 Å². The molecule has 1 N–H and O–H groups in total. The highest BCUT2D eigenvalue weighted by Crippen LogP contribution is 2.22. The smallest absolute Gasteiger partial charge is 0.248 e. The van der Waals surface area contributed by atoms with E-state index in [0.717, 1.165) is 5.56 Å². The maximum Gasteiger partial charge on any atom is 0.248 e. The Morgan fingerprint density at radius 2 is 1.78 bits per heavy atom. The first-order valence-electron chi connectivity index (χ1n) is 7.62. The average molecular weight is 309 g/mol. The van der Waals surface area contributed by atoms with E-state index < -0.39 is 0 Å². The van der Waals surface area contributed by atoms with Crippen molar-refractivity contribution in [3.05, 3.63) is 65.7 Å². The molecule has 0 radical (unpaired) electrons. The van der Waals surface area contributed by atoms with Crippen LogP contribution >= 0.6 is 0 Å². The van der Waals surface area contributed by atoms with Crippen LogP contribution in [0.25, 0.3) is 6.08 Å². The average Bonchev–Trinajstić information content (AvgIpc) is 2.52. The van der Waals surface area contributed by atoms with Crippen molar-refractivity contribution >= 4 is 17.7 Å². The van der Waals surface area contributed by atoms with E-state index >= 15 is 0 Å². The second kappa shape index (κ2) is 7.14. The summed E-state index contributed by atoms with van der Waals surface area (Å²) in [6, 6.07) is 15.5. The number of rotatable bonds is 4. The fourth-order valence-electron chi connectivity index (χ4n) is 2.15. The van der Waals surface area contributed by atoms with Crippen LogP contribution in [0.4, 0.5) is 5.69 Å². The molecule has 0 fully saturated rings. The van der Waals surface area contributed by atoms with Gasteiger partial charge in [0.15, 0.2) is 0 Å². The maximum atomic E-state index is 12.0. The van der Waals surface area contributed by atoms with Gasteiger partial charge < -0.3 is 10.1 Å². The molecule has 120 valence electrons. The summed E-state index contributed by atoms with van der Waals surface area (Å²) in [5.74, 6) is 0.544. The van der Waals surface area contributed by atoms with E-state index in [0.29, 0.717) is 11.4 Å². The van der Waals surface area contributed by atoms with Crippen molar-refractivity contribution in [3.8, 4) is 5.75 Å². The van der Waals surface area contributed by atoms with Gasteiger partial charge >= 0.3 is 0 Å². The molecule has 0 saturated carbocycles. The number of amides is 1. The van der Waals surface area contributed by atoms with Crippen LogP contribution in [0.2, 0.25) is 0 Å². The number of methoxy groups -OCH3 is 1. The Labute approximate surface area is 138 Å². The van der Waals surface area contributed by atoms with E-state index in [1.165, 1.54) is 11.6 Å². The van der Waals surface area contributed by atoms with Gasteiger partial charge in [-0.3, -0.25) is 4.79 Å². The van der Waals surface area contributed by atoms with Crippen LogP contribution in [0.15, 0.2) is 54.6 Å². The fourth-order valence-corrected chi connectivity index (χ4v) is 2.15. The third-order valence-electron chi connectivity index (χ3n) is 3.54. The first-order chi connectivity index (χ1) is 10.9. The highest BCUT2D eigenvalue weighted by molar-refractivity contribution is 6.02. The Bertz CT molecular complexity index is 694. The van der Waals surface area contributed by atoms with Crippen LogP contribution in [-0.4, -0.2) is 13.0 Å². The molecule has 0 unspecified atom stereocenters. The van der Waals surface area contributed by atoms with Gasteiger partial charge in [0.05, 0.1) is 7.11 Å². The number of hydrogen-bond acceptors (Lipinski definition) is 2. The molecule has 0 aliphatic rings. The molecule has 2 rings (SSSR count). The van der Waals surface area contributed by atoms with Gasteiger partial charge in [-0.15, -0.1) is 0 Å². The van der Waals surface area contributed by atoms with Crippen LogP contribution < -0.4 is 10.1 Å². The topological polar surface area (TPSA) is 38.3 Å². The number of carbonyl (C=O) groups is 1. The van der Waals surface area contributed by atoms with Crippen LogP contribution in [0.5, 0.6) is 5.75 Å². The summed E-state index contributed by atoms with van der Waals surface area (Å²) < 4.78 is 5.13. The van der Waals surface area contributed by atoms with Crippen LogP contribution in [0.1, 0.15) is 31.9 Å². The third-order valence-corrected chi connectivity index (χ3v) is 3.54. The van der Waals surface area contributed by atoms with E-state index in [1.807, 2.05) is 36.4 Å². The zero-order chi connectivity index (χ0) is 16.9. The van der Waals surface area contributed by atoms with E-state index in [1.54, 1.807) is 13.2 Å². The molecule has 2 aromatic rings. The van der Waals surface area contributed by atoms with Gasteiger partial charge in [-0.2, -0.15) is 0 Å². The Morgan fingerprint density at radius 3 is 2.39 bits per heavy atom. The second-order valence-electron chi connectivity index (χ2n) is 6.43. The quantitative estimate of drug-likeness (QED) is 0.835. The molecule has 0 aromatic heterocycles. The van der Waals surface area contributed by atoms with Gasteiger partial charge in [-0.25, -0.2) is 0 Å². The van der Waals surface area contributed by atoms with Crippen molar-refractivity contribution in [1.29, 1.82) is 0 Å². The summed E-state index contributed by atoms with van der Waals surface area (Å²) in [5.41, 5.74) is 3.11. The molecule has 0 aliphatic carbocycles. The minimum absolute atomic E-state index is 0.131. The summed E-state index contributed by atoms with van der Waals surface area (Å²) in [6.45, 7) is 6.54. The van der Waals surface area contributed by atoms with Gasteiger partial charge in [-0.05, 0) is 34.8 Å². The van der Waals surface area contributed by atoms with E-state index in [4.69, 9.17) is 4.74 Å². The Balaban J connectivity index is 2.00. The zero-order valence-corrected chi connectivity index (χ0v) is 14.1. The van der Waals surface area contributed by atoms with Gasteiger partial charge in [0.25, 0.3) is 0 Å². The number of ether oxygens (including phenoxy) is 1. The summed E-state index contributed by atoms with van der Waals surface area (Å²) in [4.78, 5) is 12.0. The van der Waals surface area contributed by atoms with Crippen LogP contribution in [0, 0.1) is 0 Å². The molecule has 0 heterocycles. The predicted octanol–water partition coefficient (Wildman–Crippen LogP) is 4.64. The van der Waals surface area contributed by atoms with Gasteiger partial charge in [0.2, 0.25) is 5.91 Å². The first-order valence-corrected chi connectivity index (χ1v) is 7.62. The van der Waals surface area contributed by atoms with Crippen LogP contribution in [-0.2, 0) is 10.2 Å². The molecule has 2 aromatic carbocycles. The van der Waals surface area contributed by atoms with E-state index in [-0.39, 0.29) is 11.3 Å². The molecule has 0 spiro atoms. The van der Waals surface area contributed by atoms with Crippen molar-refractivity contribution < 1.29 is 9.53 Å². The lowest BCUT2D eigenvalue weighted by atomic mass is 9.87. The van der Waals surface area contributed by atoms with Crippen molar-refractivity contribution in [2.75, 3.05) is 12.4 Å². The summed E-state index contributed by atoms with van der Waals surface area (Å²) in [6.07, 6.45) is 3.34. The second-order valence-corrected chi connectivity index (χ2v) is 6.43. The Morgan fingerprint density at radius 1 is 1.09 bits per heavy atom. The minimum atomic E-state index is -0.168. The molecular weight excluding hydrogens is 286 g/mol. The van der Waals surface area contributed by atoms with Crippen LogP contribution in [0.3, 0.4) is 0 Å². The standard InChI is InChI=1S/C20H23NO2/c1-20(2,3)16-11-8-15(9-12-16)10-13-19(22)21-17-6-5-7-18(14-17)23-4/h5-14H,1-4H3,(H,21,22)/b13-10+. The normalized spacial score (nSPS) is 11.5. The van der Waals surface area contributed by atoms with E-state index in [9.17, 15) is 4.79 Å². The SMILES string of the molecule is COc1cccc(NC(=O)/C=C/c2ccc(C(C)(C)C)cc2)c1. The number of benzene rings is 2. The molecule has 3 nitrogen and oxygen atoms in total. The first kappa shape index (κ1) is 16.8. The molecule has 0 saturated heterocycles. The Kier molecular flexibility index (Phi) is 5.22. The zero-order valence-electron chi connectivity index (χ0n) is 14.1. The highest BCUT2D eigenvalue weighted by Gasteiger charge is 2.12. The summed E-state index contributed by atoms with van der Waals surface area (Å²) in [7, 11) is 1.60. The summed E-state index contributed by atoms with van der Waals surface area (Å²) in [5, 5.41) is 2.82. The predicted molar refractivity (Wildman–Crippen MR) is 95.8 cm³/mol. The van der Waals surface area contributed by atoms with Crippen molar-refractivity contribution in [1.82, 2.24) is 0 Å². The van der Waals surface area contributed by atoms with Gasteiger partial charge in [0.1, 0.15) is 5.75 Å². The number of anilines is 1.